The molecule has 0 amide bonds. The molecule has 1 fully saturated rings. The van der Waals surface area contributed by atoms with Gasteiger partial charge < -0.3 is 4.74 Å². The lowest BCUT2D eigenvalue weighted by Crippen LogP contribution is -2.59. The van der Waals surface area contributed by atoms with E-state index >= 15 is 0 Å². The number of benzene rings is 3. The molecule has 0 radical (unpaired) electrons. The van der Waals surface area contributed by atoms with Gasteiger partial charge in [0.1, 0.15) is 11.6 Å². The first kappa shape index (κ1) is 28.1. The molecule has 13 heteroatoms. The number of rotatable bonds is 6. The molecule has 1 aliphatic heterocycles. The molecule has 1 saturated heterocycles. The molecule has 6 rings (SSSR count). The number of carbonyl (C=O) groups excluding carboxylic acids is 1. The van der Waals surface area contributed by atoms with Crippen molar-refractivity contribution < 1.29 is 31.3 Å². The molecule has 2 heterocycles. The zero-order chi connectivity index (χ0) is 30.2. The Balaban J connectivity index is 1.50. The fourth-order valence-corrected chi connectivity index (χ4v) is 8.71. The zero-order valence-corrected chi connectivity index (χ0v) is 24.5. The van der Waals surface area contributed by atoms with Gasteiger partial charge in [-0.3, -0.25) is 14.9 Å². The van der Waals surface area contributed by atoms with Crippen LogP contribution in [0.5, 0.6) is 0 Å². The molecular formula is C29H27N3O8S2. The Bertz CT molecular complexity index is 1980. The number of non-ortho nitro benzene ring substituents is 1. The van der Waals surface area contributed by atoms with E-state index < -0.39 is 54.4 Å². The van der Waals surface area contributed by atoms with E-state index in [1.165, 1.54) is 22.3 Å². The summed E-state index contributed by atoms with van der Waals surface area (Å²) in [5.74, 6) is -1.95. The van der Waals surface area contributed by atoms with Crippen LogP contribution in [0, 0.1) is 23.0 Å². The van der Waals surface area contributed by atoms with Crippen LogP contribution in [0.3, 0.4) is 0 Å². The van der Waals surface area contributed by atoms with E-state index in [1.54, 1.807) is 38.1 Å². The van der Waals surface area contributed by atoms with Crippen molar-refractivity contribution in [2.24, 2.45) is 5.92 Å². The van der Waals surface area contributed by atoms with Crippen LogP contribution in [0.4, 0.5) is 5.69 Å². The van der Waals surface area contributed by atoms with Gasteiger partial charge in [0.25, 0.3) is 15.7 Å². The van der Waals surface area contributed by atoms with Gasteiger partial charge in [-0.05, 0) is 68.7 Å². The molecule has 2 aliphatic rings. The second kappa shape index (κ2) is 9.48. The van der Waals surface area contributed by atoms with Gasteiger partial charge in [-0.1, -0.05) is 29.8 Å². The summed E-state index contributed by atoms with van der Waals surface area (Å²) in [5, 5.41) is 11.7. The van der Waals surface area contributed by atoms with Crippen LogP contribution in [0.25, 0.3) is 10.9 Å². The Morgan fingerprint density at radius 1 is 0.976 bits per heavy atom. The molecule has 0 saturated carbocycles. The average molecular weight is 610 g/mol. The van der Waals surface area contributed by atoms with Crippen molar-refractivity contribution in [3.63, 3.8) is 0 Å². The van der Waals surface area contributed by atoms with Crippen molar-refractivity contribution in [2.45, 2.75) is 54.5 Å². The molecular weight excluding hydrogens is 582 g/mol. The minimum atomic E-state index is -4.34. The largest absolute Gasteiger partial charge is 0.458 e. The van der Waals surface area contributed by atoms with Crippen molar-refractivity contribution in [1.82, 2.24) is 8.69 Å². The third kappa shape index (κ3) is 4.39. The molecule has 0 unspecified atom stereocenters. The van der Waals surface area contributed by atoms with Gasteiger partial charge in [0.05, 0.1) is 20.2 Å². The molecule has 3 atom stereocenters. The Labute approximate surface area is 242 Å². The van der Waals surface area contributed by atoms with Crippen LogP contribution in [-0.2, 0) is 36.0 Å². The first-order valence-corrected chi connectivity index (χ1v) is 16.1. The normalized spacial score (nSPS) is 21.5. The van der Waals surface area contributed by atoms with E-state index in [0.717, 1.165) is 35.4 Å². The van der Waals surface area contributed by atoms with Crippen molar-refractivity contribution in [1.29, 1.82) is 0 Å². The lowest BCUT2D eigenvalue weighted by atomic mass is 9.65. The van der Waals surface area contributed by atoms with Gasteiger partial charge in [-0.2, -0.15) is 4.72 Å². The van der Waals surface area contributed by atoms with E-state index in [1.807, 2.05) is 13.0 Å². The highest BCUT2D eigenvalue weighted by Gasteiger charge is 2.54. The number of cyclic esters (lactones) is 1. The number of esters is 1. The number of nitrogens with zero attached hydrogens (tertiary/aromatic N) is 2. The number of aryl methyl sites for hydroxylation is 1. The van der Waals surface area contributed by atoms with Crippen LogP contribution < -0.4 is 4.72 Å². The van der Waals surface area contributed by atoms with Crippen molar-refractivity contribution in [3.05, 3.63) is 99.7 Å². The van der Waals surface area contributed by atoms with Crippen LogP contribution in [-0.4, -0.2) is 43.3 Å². The number of nitrogens with one attached hydrogen (secondary N) is 1. The Kier molecular flexibility index (Phi) is 6.33. The molecule has 42 heavy (non-hydrogen) atoms. The number of fused-ring (bicyclic) bond motifs is 2. The summed E-state index contributed by atoms with van der Waals surface area (Å²) >= 11 is 0. The lowest BCUT2D eigenvalue weighted by Gasteiger charge is -2.48. The summed E-state index contributed by atoms with van der Waals surface area (Å²) in [6, 6.07) is 14.8. The molecule has 4 aromatic rings. The third-order valence-electron chi connectivity index (χ3n) is 8.23. The second-order valence-corrected chi connectivity index (χ2v) is 14.7. The molecule has 11 nitrogen and oxygen atoms in total. The fraction of sp³-hybridized carbons (Fsp3) is 0.276. The van der Waals surface area contributed by atoms with Crippen molar-refractivity contribution >= 4 is 42.6 Å². The van der Waals surface area contributed by atoms with Gasteiger partial charge in [-0.15, -0.1) is 0 Å². The molecule has 1 aromatic heterocycles. The molecule has 218 valence electrons. The molecule has 3 aromatic carbocycles. The molecule has 0 spiro atoms. The summed E-state index contributed by atoms with van der Waals surface area (Å²) in [7, 11) is -8.38. The minimum absolute atomic E-state index is 0.0940. The van der Waals surface area contributed by atoms with Gasteiger partial charge in [0.2, 0.25) is 10.0 Å². The number of aromatic nitrogens is 1. The maximum absolute atomic E-state index is 13.9. The summed E-state index contributed by atoms with van der Waals surface area (Å²) in [4.78, 5) is 23.7. The average Bonchev–Trinajstić information content (AvgIpc) is 3.33. The predicted octanol–water partition coefficient (Wildman–Crippen LogP) is 4.03. The standard InChI is InChI=1S/C29H27N3O8S2/c1-17-7-11-21(12-8-17)42(38,39)31-16-22-25-18(5-4-6-24(25)31)15-23-26(22)27(28(33)40-29(23,2)3)30-41(36,37)20-13-9-19(10-14-20)32(34)35/h4-14,16,23,26-27,30H,15H2,1-3H3/t23-,26-,27-/m0/s1. The maximum atomic E-state index is 13.9. The first-order chi connectivity index (χ1) is 19.7. The predicted molar refractivity (Wildman–Crippen MR) is 153 cm³/mol. The van der Waals surface area contributed by atoms with Crippen LogP contribution in [0.1, 0.15) is 36.5 Å². The van der Waals surface area contributed by atoms with Crippen LogP contribution in [0.2, 0.25) is 0 Å². The van der Waals surface area contributed by atoms with Gasteiger partial charge in [0, 0.05) is 35.6 Å². The van der Waals surface area contributed by atoms with Crippen LogP contribution in [0.15, 0.2) is 82.7 Å². The number of nitro benzene ring substituents is 1. The SMILES string of the molecule is Cc1ccc(S(=O)(=O)n2cc3c4c(cccc42)C[C@H]2[C@H]3[C@H](NS(=O)(=O)c3ccc([N+](=O)[O-])cc3)C(=O)OC2(C)C)cc1. The quantitative estimate of drug-likeness (QED) is 0.195. The second-order valence-electron chi connectivity index (χ2n) is 11.2. The smallest absolute Gasteiger partial charge is 0.325 e. The molecule has 1 N–H and O–H groups in total. The summed E-state index contributed by atoms with van der Waals surface area (Å²) < 4.78 is 64.0. The van der Waals surface area contributed by atoms with Crippen molar-refractivity contribution in [2.75, 3.05) is 0 Å². The Morgan fingerprint density at radius 3 is 2.26 bits per heavy atom. The Hall–Kier alpha value is -4.07. The number of hydrogen-bond donors (Lipinski definition) is 1. The summed E-state index contributed by atoms with van der Waals surface area (Å²) in [6.45, 7) is 5.37. The highest BCUT2D eigenvalue weighted by Crippen LogP contribution is 2.51. The molecule has 1 aliphatic carbocycles. The van der Waals surface area contributed by atoms with E-state index in [2.05, 4.69) is 4.72 Å². The number of ether oxygens (including phenoxy) is 1. The number of sulfonamides is 1. The third-order valence-corrected chi connectivity index (χ3v) is 11.4. The van der Waals surface area contributed by atoms with E-state index in [4.69, 9.17) is 4.74 Å². The number of carbonyl (C=O) groups is 1. The fourth-order valence-electron chi connectivity index (χ4n) is 6.13. The van der Waals surface area contributed by atoms with Crippen LogP contribution >= 0.6 is 0 Å². The van der Waals surface area contributed by atoms with E-state index in [-0.39, 0.29) is 15.5 Å². The lowest BCUT2D eigenvalue weighted by molar-refractivity contribution is -0.384. The highest BCUT2D eigenvalue weighted by atomic mass is 32.2. The minimum Gasteiger partial charge on any atom is -0.458 e. The topological polar surface area (TPSA) is 155 Å². The van der Waals surface area contributed by atoms with Gasteiger partial charge in [-0.25, -0.2) is 20.8 Å². The van der Waals surface area contributed by atoms with Gasteiger partial charge in [0.15, 0.2) is 0 Å². The summed E-state index contributed by atoms with van der Waals surface area (Å²) in [5.41, 5.74) is 1.44. The highest BCUT2D eigenvalue weighted by molar-refractivity contribution is 7.90. The van der Waals surface area contributed by atoms with Gasteiger partial charge >= 0.3 is 5.97 Å². The number of nitro groups is 1. The van der Waals surface area contributed by atoms with Crippen molar-refractivity contribution in [3.8, 4) is 0 Å². The van der Waals surface area contributed by atoms with E-state index in [0.29, 0.717) is 22.9 Å². The monoisotopic (exact) mass is 609 g/mol. The molecule has 0 bridgehead atoms. The number of hydrogen-bond acceptors (Lipinski definition) is 8. The summed E-state index contributed by atoms with van der Waals surface area (Å²) in [6.07, 6.45) is 1.90. The maximum Gasteiger partial charge on any atom is 0.325 e. The zero-order valence-electron chi connectivity index (χ0n) is 22.8. The van der Waals surface area contributed by atoms with E-state index in [9.17, 15) is 31.7 Å². The first-order valence-electron chi connectivity index (χ1n) is 13.2. The Morgan fingerprint density at radius 2 is 1.62 bits per heavy atom.